The molecule has 0 fully saturated rings. The summed E-state index contributed by atoms with van der Waals surface area (Å²) in [7, 11) is 1.62. The number of nitrogens with zero attached hydrogens (tertiary/aromatic N) is 1. The van der Waals surface area contributed by atoms with Gasteiger partial charge < -0.3 is 15.0 Å². The molecule has 100 valence electrons. The van der Waals surface area contributed by atoms with Crippen molar-refractivity contribution >= 4 is 23.5 Å². The molecule has 1 aromatic rings. The van der Waals surface area contributed by atoms with E-state index in [4.69, 9.17) is 0 Å². The number of carbonyl (C=O) groups is 3. The van der Waals surface area contributed by atoms with Gasteiger partial charge in [0, 0.05) is 18.3 Å². The van der Waals surface area contributed by atoms with Crippen molar-refractivity contribution in [1.82, 2.24) is 5.32 Å². The Morgan fingerprint density at radius 2 is 2.05 bits per heavy atom. The van der Waals surface area contributed by atoms with Crippen LogP contribution >= 0.6 is 0 Å². The van der Waals surface area contributed by atoms with Gasteiger partial charge >= 0.3 is 11.9 Å². The molecule has 0 aromatic heterocycles. The standard InChI is InChI=1S/C13H14N2O4/c1-3-19-13(18)11(16)14-10-8-6-4-5-7-9(8)15(2)12(10)17/h4-7,10H,3H2,1-2H3,(H,14,16)/t10-/m0/s1. The van der Waals surface area contributed by atoms with Crippen molar-refractivity contribution in [3.05, 3.63) is 29.8 Å². The van der Waals surface area contributed by atoms with Gasteiger partial charge in [0.15, 0.2) is 0 Å². The number of para-hydroxylation sites is 1. The number of benzene rings is 1. The average molecular weight is 262 g/mol. The lowest BCUT2D eigenvalue weighted by Crippen LogP contribution is -2.40. The molecular weight excluding hydrogens is 248 g/mol. The number of amides is 2. The number of fused-ring (bicyclic) bond motifs is 1. The van der Waals surface area contributed by atoms with Crippen molar-refractivity contribution in [2.45, 2.75) is 13.0 Å². The molecule has 0 saturated carbocycles. The van der Waals surface area contributed by atoms with Crippen LogP contribution < -0.4 is 10.2 Å². The molecule has 2 rings (SSSR count). The van der Waals surface area contributed by atoms with Gasteiger partial charge in [0.05, 0.1) is 6.61 Å². The van der Waals surface area contributed by atoms with Gasteiger partial charge in [-0.15, -0.1) is 0 Å². The first kappa shape index (κ1) is 13.1. The van der Waals surface area contributed by atoms with E-state index in [0.717, 1.165) is 5.69 Å². The van der Waals surface area contributed by atoms with E-state index in [1.54, 1.807) is 38.2 Å². The highest BCUT2D eigenvalue weighted by Gasteiger charge is 2.37. The zero-order chi connectivity index (χ0) is 14.0. The van der Waals surface area contributed by atoms with Crippen LogP contribution in [-0.4, -0.2) is 31.4 Å². The first-order chi connectivity index (χ1) is 9.06. The van der Waals surface area contributed by atoms with Gasteiger partial charge in [0.25, 0.3) is 5.91 Å². The number of hydrogen-bond acceptors (Lipinski definition) is 4. The molecule has 0 bridgehead atoms. The minimum absolute atomic E-state index is 0.112. The Morgan fingerprint density at radius 3 is 2.74 bits per heavy atom. The monoisotopic (exact) mass is 262 g/mol. The number of carbonyl (C=O) groups excluding carboxylic acids is 3. The van der Waals surface area contributed by atoms with Crippen LogP contribution in [0.3, 0.4) is 0 Å². The third-order valence-electron chi connectivity index (χ3n) is 2.92. The van der Waals surface area contributed by atoms with Crippen LogP contribution in [0.25, 0.3) is 0 Å². The van der Waals surface area contributed by atoms with Gasteiger partial charge in [-0.2, -0.15) is 0 Å². The molecule has 0 aliphatic carbocycles. The van der Waals surface area contributed by atoms with Crippen molar-refractivity contribution in [1.29, 1.82) is 0 Å². The summed E-state index contributed by atoms with van der Waals surface area (Å²) in [6.45, 7) is 1.72. The quantitative estimate of drug-likeness (QED) is 0.617. The lowest BCUT2D eigenvalue weighted by molar-refractivity contribution is -0.155. The van der Waals surface area contributed by atoms with Crippen molar-refractivity contribution in [3.63, 3.8) is 0 Å². The lowest BCUT2D eigenvalue weighted by atomic mass is 10.1. The molecule has 0 spiro atoms. The summed E-state index contributed by atoms with van der Waals surface area (Å²) in [6.07, 6.45) is 0. The minimum atomic E-state index is -0.984. The number of esters is 1. The van der Waals surface area contributed by atoms with Gasteiger partial charge in [-0.05, 0) is 13.0 Å². The third-order valence-corrected chi connectivity index (χ3v) is 2.92. The zero-order valence-electron chi connectivity index (χ0n) is 10.7. The highest BCUT2D eigenvalue weighted by Crippen LogP contribution is 2.34. The molecule has 0 radical (unpaired) electrons. The first-order valence-electron chi connectivity index (χ1n) is 5.90. The Balaban J connectivity index is 2.20. The summed E-state index contributed by atoms with van der Waals surface area (Å²) in [5, 5.41) is 2.40. The number of rotatable bonds is 2. The van der Waals surface area contributed by atoms with E-state index < -0.39 is 17.9 Å². The Labute approximate surface area is 110 Å². The van der Waals surface area contributed by atoms with E-state index in [1.807, 2.05) is 0 Å². The fraction of sp³-hybridized carbons (Fsp3) is 0.308. The molecule has 6 nitrogen and oxygen atoms in total. The fourth-order valence-corrected chi connectivity index (χ4v) is 2.01. The maximum Gasteiger partial charge on any atom is 0.396 e. The van der Waals surface area contributed by atoms with Crippen LogP contribution in [0.1, 0.15) is 18.5 Å². The maximum atomic E-state index is 12.0. The number of ether oxygens (including phenoxy) is 1. The van der Waals surface area contributed by atoms with E-state index in [-0.39, 0.29) is 12.5 Å². The molecule has 6 heteroatoms. The lowest BCUT2D eigenvalue weighted by Gasteiger charge is -2.12. The van der Waals surface area contributed by atoms with Crippen LogP contribution in [0.2, 0.25) is 0 Å². The summed E-state index contributed by atoms with van der Waals surface area (Å²) in [4.78, 5) is 36.4. The molecule has 1 aliphatic rings. The summed E-state index contributed by atoms with van der Waals surface area (Å²) in [6, 6.07) is 6.27. The summed E-state index contributed by atoms with van der Waals surface area (Å²) < 4.78 is 4.59. The predicted octanol–water partition coefficient (Wildman–Crippen LogP) is 0.383. The second kappa shape index (κ2) is 5.09. The highest BCUT2D eigenvalue weighted by molar-refractivity contribution is 6.33. The second-order valence-corrected chi connectivity index (χ2v) is 4.08. The van der Waals surface area contributed by atoms with E-state index in [1.165, 1.54) is 4.90 Å². The number of anilines is 1. The van der Waals surface area contributed by atoms with Crippen molar-refractivity contribution in [2.24, 2.45) is 0 Å². The largest absolute Gasteiger partial charge is 0.459 e. The zero-order valence-corrected chi connectivity index (χ0v) is 10.7. The maximum absolute atomic E-state index is 12.0. The van der Waals surface area contributed by atoms with Crippen LogP contribution in [0.4, 0.5) is 5.69 Å². The summed E-state index contributed by atoms with van der Waals surface area (Å²) in [5.41, 5.74) is 1.40. The Bertz CT molecular complexity index is 541. The number of hydrogen-bond donors (Lipinski definition) is 1. The highest BCUT2D eigenvalue weighted by atomic mass is 16.5. The minimum Gasteiger partial charge on any atom is -0.459 e. The predicted molar refractivity (Wildman–Crippen MR) is 67.4 cm³/mol. The Hall–Kier alpha value is -2.37. The molecule has 0 unspecified atom stereocenters. The van der Waals surface area contributed by atoms with Crippen molar-refractivity contribution < 1.29 is 19.1 Å². The second-order valence-electron chi connectivity index (χ2n) is 4.08. The number of nitrogens with one attached hydrogen (secondary N) is 1. The molecule has 1 aliphatic heterocycles. The Morgan fingerprint density at radius 1 is 1.37 bits per heavy atom. The topological polar surface area (TPSA) is 75.7 Å². The summed E-state index contributed by atoms with van der Waals surface area (Å²) in [5.74, 6) is -2.17. The van der Waals surface area contributed by atoms with E-state index >= 15 is 0 Å². The van der Waals surface area contributed by atoms with Gasteiger partial charge in [0.2, 0.25) is 0 Å². The van der Waals surface area contributed by atoms with Gasteiger partial charge in [0.1, 0.15) is 6.04 Å². The molecule has 19 heavy (non-hydrogen) atoms. The third kappa shape index (κ3) is 2.29. The molecule has 0 saturated heterocycles. The van der Waals surface area contributed by atoms with E-state index in [2.05, 4.69) is 10.1 Å². The Kier molecular flexibility index (Phi) is 3.50. The average Bonchev–Trinajstić information content (AvgIpc) is 2.65. The van der Waals surface area contributed by atoms with Gasteiger partial charge in [-0.1, -0.05) is 18.2 Å². The van der Waals surface area contributed by atoms with Crippen LogP contribution in [0, 0.1) is 0 Å². The van der Waals surface area contributed by atoms with Crippen LogP contribution in [0.5, 0.6) is 0 Å². The molecule has 1 heterocycles. The molecule has 1 N–H and O–H groups in total. The fourth-order valence-electron chi connectivity index (χ4n) is 2.01. The number of likely N-dealkylation sites (N-methyl/N-ethyl adjacent to an activating group) is 1. The molecular formula is C13H14N2O4. The normalized spacial score (nSPS) is 17.1. The summed E-state index contributed by atoms with van der Waals surface area (Å²) >= 11 is 0. The first-order valence-corrected chi connectivity index (χ1v) is 5.90. The molecule has 2 amide bonds. The van der Waals surface area contributed by atoms with Crippen LogP contribution in [-0.2, 0) is 19.1 Å². The van der Waals surface area contributed by atoms with Crippen LogP contribution in [0.15, 0.2) is 24.3 Å². The smallest absolute Gasteiger partial charge is 0.396 e. The van der Waals surface area contributed by atoms with Gasteiger partial charge in [-0.3, -0.25) is 9.59 Å². The molecule has 1 atom stereocenters. The van der Waals surface area contributed by atoms with Crippen molar-refractivity contribution in [3.8, 4) is 0 Å². The SMILES string of the molecule is CCOC(=O)C(=O)N[C@@H]1C(=O)N(C)c2ccccc21. The van der Waals surface area contributed by atoms with Gasteiger partial charge in [-0.25, -0.2) is 4.79 Å². The molecule has 1 aromatic carbocycles. The van der Waals surface area contributed by atoms with Crippen molar-refractivity contribution in [2.75, 3.05) is 18.6 Å². The van der Waals surface area contributed by atoms with E-state index in [0.29, 0.717) is 5.56 Å². The van der Waals surface area contributed by atoms with E-state index in [9.17, 15) is 14.4 Å².